The highest BCUT2D eigenvalue weighted by Crippen LogP contribution is 2.45. The van der Waals surface area contributed by atoms with E-state index in [0.717, 1.165) is 65.4 Å². The molecule has 11 heteroatoms. The Balaban J connectivity index is 1.12. The standard InChI is InChI=1S/C29H29F2N3O5S/c1-2-36-27(35)18-9-10-22-24(15-18)40-29(32-22)34-13-11-19(12-14-34)37-16-21-25(33-39-26(21)17-7-8-17)20-5-3-4-6-23(20)38-28(30)31/h3-6,9-10,15,17,19,28H,2,7-8,11-14,16H2,1H3. The van der Waals surface area contributed by atoms with Gasteiger partial charge in [0, 0.05) is 30.1 Å². The number of nitrogens with zero attached hydrogens (tertiary/aromatic N) is 3. The molecule has 8 nitrogen and oxygen atoms in total. The number of rotatable bonds is 10. The number of hydrogen-bond acceptors (Lipinski definition) is 9. The molecule has 4 aromatic rings. The van der Waals surface area contributed by atoms with Gasteiger partial charge in [0.1, 0.15) is 17.2 Å². The van der Waals surface area contributed by atoms with Crippen molar-refractivity contribution < 1.29 is 32.3 Å². The third kappa shape index (κ3) is 5.66. The topological polar surface area (TPSA) is 86.9 Å². The van der Waals surface area contributed by atoms with Gasteiger partial charge in [0.05, 0.1) is 35.1 Å². The predicted molar refractivity (Wildman–Crippen MR) is 146 cm³/mol. The molecule has 1 aliphatic carbocycles. The number of piperidine rings is 1. The van der Waals surface area contributed by atoms with E-state index in [4.69, 9.17) is 23.7 Å². The lowest BCUT2D eigenvalue weighted by Crippen LogP contribution is -2.36. The van der Waals surface area contributed by atoms with E-state index in [-0.39, 0.29) is 30.3 Å². The van der Waals surface area contributed by atoms with Gasteiger partial charge < -0.3 is 23.6 Å². The van der Waals surface area contributed by atoms with Crippen molar-refractivity contribution in [1.29, 1.82) is 0 Å². The van der Waals surface area contributed by atoms with Gasteiger partial charge in [-0.25, -0.2) is 9.78 Å². The normalized spacial score (nSPS) is 16.1. The molecule has 2 aromatic carbocycles. The summed E-state index contributed by atoms with van der Waals surface area (Å²) in [6.45, 7) is 1.05. The summed E-state index contributed by atoms with van der Waals surface area (Å²) in [7, 11) is 0. The molecule has 0 atom stereocenters. The van der Waals surface area contributed by atoms with Crippen molar-refractivity contribution in [3.63, 3.8) is 0 Å². The maximum absolute atomic E-state index is 13.0. The highest BCUT2D eigenvalue weighted by atomic mass is 32.1. The molecular weight excluding hydrogens is 540 g/mol. The molecular formula is C29H29F2N3O5S. The third-order valence-electron chi connectivity index (χ3n) is 7.19. The van der Waals surface area contributed by atoms with Crippen LogP contribution in [0.4, 0.5) is 13.9 Å². The number of esters is 1. The fourth-order valence-corrected chi connectivity index (χ4v) is 6.06. The average molecular weight is 570 g/mol. The van der Waals surface area contributed by atoms with Crippen LogP contribution in [0.1, 0.15) is 60.2 Å². The van der Waals surface area contributed by atoms with Crippen LogP contribution in [-0.4, -0.2) is 48.5 Å². The van der Waals surface area contributed by atoms with Gasteiger partial charge in [-0.05, 0) is 62.9 Å². The quantitative estimate of drug-likeness (QED) is 0.193. The van der Waals surface area contributed by atoms with Crippen LogP contribution in [0, 0.1) is 0 Å². The number of benzene rings is 2. The summed E-state index contributed by atoms with van der Waals surface area (Å²) in [6, 6.07) is 12.1. The minimum Gasteiger partial charge on any atom is -0.462 e. The predicted octanol–water partition coefficient (Wildman–Crippen LogP) is 6.79. The monoisotopic (exact) mass is 569 g/mol. The number of halogens is 2. The number of thiazole rings is 1. The fourth-order valence-electron chi connectivity index (χ4n) is 5.00. The lowest BCUT2D eigenvalue weighted by Gasteiger charge is -2.31. The Morgan fingerprint density at radius 1 is 1.15 bits per heavy atom. The van der Waals surface area contributed by atoms with Crippen molar-refractivity contribution in [1.82, 2.24) is 10.1 Å². The highest BCUT2D eigenvalue weighted by molar-refractivity contribution is 7.22. The van der Waals surface area contributed by atoms with Gasteiger partial charge in [-0.1, -0.05) is 28.6 Å². The van der Waals surface area contributed by atoms with Gasteiger partial charge >= 0.3 is 12.6 Å². The van der Waals surface area contributed by atoms with Gasteiger partial charge in [-0.3, -0.25) is 0 Å². The van der Waals surface area contributed by atoms with E-state index >= 15 is 0 Å². The van der Waals surface area contributed by atoms with Crippen LogP contribution in [-0.2, 0) is 16.1 Å². The molecule has 3 heterocycles. The number of alkyl halides is 2. The van der Waals surface area contributed by atoms with Crippen molar-refractivity contribution in [3.05, 3.63) is 59.4 Å². The summed E-state index contributed by atoms with van der Waals surface area (Å²) in [4.78, 5) is 19.1. The van der Waals surface area contributed by atoms with Gasteiger partial charge in [-0.15, -0.1) is 0 Å². The van der Waals surface area contributed by atoms with Crippen LogP contribution in [0.3, 0.4) is 0 Å². The van der Waals surface area contributed by atoms with Crippen LogP contribution >= 0.6 is 11.3 Å². The molecule has 0 spiro atoms. The highest BCUT2D eigenvalue weighted by Gasteiger charge is 2.34. The maximum Gasteiger partial charge on any atom is 0.387 e. The van der Waals surface area contributed by atoms with Gasteiger partial charge in [-0.2, -0.15) is 8.78 Å². The van der Waals surface area contributed by atoms with E-state index in [0.29, 0.717) is 23.4 Å². The molecule has 0 amide bonds. The SMILES string of the molecule is CCOC(=O)c1ccc2nc(N3CCC(OCc4c(-c5ccccc5OC(F)F)noc4C4CC4)CC3)sc2c1. The zero-order valence-electron chi connectivity index (χ0n) is 22.0. The molecule has 1 saturated heterocycles. The number of hydrogen-bond donors (Lipinski definition) is 0. The largest absolute Gasteiger partial charge is 0.462 e. The smallest absolute Gasteiger partial charge is 0.387 e. The zero-order chi connectivity index (χ0) is 27.6. The zero-order valence-corrected chi connectivity index (χ0v) is 22.8. The summed E-state index contributed by atoms with van der Waals surface area (Å²) in [5.41, 5.74) is 3.15. The number of fused-ring (bicyclic) bond motifs is 1. The Bertz CT molecular complexity index is 1490. The molecule has 2 aromatic heterocycles. The van der Waals surface area contributed by atoms with Crippen LogP contribution in [0.5, 0.6) is 5.75 Å². The number of anilines is 1. The van der Waals surface area contributed by atoms with Crippen molar-refractivity contribution in [3.8, 4) is 17.0 Å². The number of carbonyl (C=O) groups is 1. The Labute approximate surface area is 233 Å². The van der Waals surface area contributed by atoms with E-state index in [9.17, 15) is 13.6 Å². The van der Waals surface area contributed by atoms with Crippen molar-refractivity contribution in [2.45, 2.75) is 57.8 Å². The fraction of sp³-hybridized carbons (Fsp3) is 0.414. The Hall–Kier alpha value is -3.57. The number of para-hydroxylation sites is 1. The first-order valence-electron chi connectivity index (χ1n) is 13.5. The lowest BCUT2D eigenvalue weighted by atomic mass is 10.0. The van der Waals surface area contributed by atoms with E-state index in [2.05, 4.69) is 10.1 Å². The van der Waals surface area contributed by atoms with Gasteiger partial charge in [0.2, 0.25) is 0 Å². The molecule has 2 fully saturated rings. The van der Waals surface area contributed by atoms with Gasteiger partial charge in [0.25, 0.3) is 0 Å². The molecule has 40 heavy (non-hydrogen) atoms. The number of ether oxygens (including phenoxy) is 3. The van der Waals surface area contributed by atoms with Crippen molar-refractivity contribution in [2.75, 3.05) is 24.6 Å². The summed E-state index contributed by atoms with van der Waals surface area (Å²) < 4.78 is 48.9. The minimum atomic E-state index is -2.93. The Morgan fingerprint density at radius 2 is 1.95 bits per heavy atom. The molecule has 6 rings (SSSR count). The summed E-state index contributed by atoms with van der Waals surface area (Å²) in [5, 5.41) is 5.17. The van der Waals surface area contributed by atoms with E-state index < -0.39 is 6.61 Å². The Morgan fingerprint density at radius 3 is 2.70 bits per heavy atom. The first-order chi connectivity index (χ1) is 19.5. The second-order valence-electron chi connectivity index (χ2n) is 9.92. The van der Waals surface area contributed by atoms with E-state index in [1.165, 1.54) is 6.07 Å². The maximum atomic E-state index is 13.0. The first-order valence-corrected chi connectivity index (χ1v) is 14.3. The van der Waals surface area contributed by atoms with Crippen LogP contribution in [0.2, 0.25) is 0 Å². The average Bonchev–Trinajstić information content (AvgIpc) is 3.57. The van der Waals surface area contributed by atoms with Gasteiger partial charge in [0.15, 0.2) is 5.13 Å². The molecule has 0 bridgehead atoms. The minimum absolute atomic E-state index is 0.0309. The molecule has 0 N–H and O–H groups in total. The molecule has 0 radical (unpaired) electrons. The van der Waals surface area contributed by atoms with Crippen molar-refractivity contribution in [2.24, 2.45) is 0 Å². The number of carbonyl (C=O) groups excluding carboxylic acids is 1. The summed E-state index contributed by atoms with van der Waals surface area (Å²) in [6.07, 6.45) is 3.68. The summed E-state index contributed by atoms with van der Waals surface area (Å²) >= 11 is 1.56. The number of aromatic nitrogens is 2. The second kappa shape index (κ2) is 11.5. The first kappa shape index (κ1) is 26.6. The van der Waals surface area contributed by atoms with Crippen LogP contribution < -0.4 is 9.64 Å². The third-order valence-corrected chi connectivity index (χ3v) is 8.27. The van der Waals surface area contributed by atoms with Crippen molar-refractivity contribution >= 4 is 32.7 Å². The molecule has 2 aliphatic rings. The van der Waals surface area contributed by atoms with Crippen LogP contribution in [0.15, 0.2) is 47.0 Å². The molecule has 210 valence electrons. The Kier molecular flexibility index (Phi) is 7.66. The summed E-state index contributed by atoms with van der Waals surface area (Å²) in [5.74, 6) is 0.792. The van der Waals surface area contributed by atoms with E-state index in [1.807, 2.05) is 12.1 Å². The second-order valence-corrected chi connectivity index (χ2v) is 10.9. The van der Waals surface area contributed by atoms with Crippen LogP contribution in [0.25, 0.3) is 21.5 Å². The van der Waals surface area contributed by atoms with E-state index in [1.54, 1.807) is 42.5 Å². The molecule has 1 aliphatic heterocycles. The molecule has 1 saturated carbocycles. The molecule has 0 unspecified atom stereocenters. The lowest BCUT2D eigenvalue weighted by molar-refractivity contribution is -0.0494.